The van der Waals surface area contributed by atoms with Crippen LogP contribution in [0.3, 0.4) is 0 Å². The topological polar surface area (TPSA) is 43.8 Å². The maximum atomic E-state index is 6.12. The number of hydrogen-bond donors (Lipinski definition) is 1. The second kappa shape index (κ2) is 5.36. The van der Waals surface area contributed by atoms with E-state index < -0.39 is 0 Å². The fourth-order valence-electron chi connectivity index (χ4n) is 2.19. The summed E-state index contributed by atoms with van der Waals surface area (Å²) >= 11 is 0. The lowest BCUT2D eigenvalue weighted by atomic mass is 10.1. The van der Waals surface area contributed by atoms with Gasteiger partial charge in [-0.05, 0) is 43.0 Å². The predicted octanol–water partition coefficient (Wildman–Crippen LogP) is 3.15. The molecule has 1 aromatic carbocycles. The van der Waals surface area contributed by atoms with Crippen LogP contribution in [0.4, 0.5) is 0 Å². The molecule has 1 aromatic heterocycles. The lowest BCUT2D eigenvalue weighted by molar-refractivity contribution is 0.659. The molecule has 0 saturated heterocycles. The van der Waals surface area contributed by atoms with Crippen molar-refractivity contribution in [3.05, 3.63) is 47.5 Å². The molecule has 0 radical (unpaired) electrons. The lowest BCUT2D eigenvalue weighted by Gasteiger charge is -2.14. The second-order valence-corrected chi connectivity index (χ2v) is 4.67. The first-order chi connectivity index (χ1) is 8.67. The van der Waals surface area contributed by atoms with Gasteiger partial charge in [-0.1, -0.05) is 19.9 Å². The first-order valence-electron chi connectivity index (χ1n) is 6.55. The summed E-state index contributed by atoms with van der Waals surface area (Å²) in [5.74, 6) is 0. The summed E-state index contributed by atoms with van der Waals surface area (Å²) in [6.45, 7) is 6.42. The summed E-state index contributed by atoms with van der Waals surface area (Å²) in [6.07, 6.45) is 5.66. The van der Waals surface area contributed by atoms with E-state index in [0.29, 0.717) is 0 Å². The minimum Gasteiger partial charge on any atom is -0.323 e. The molecule has 3 nitrogen and oxygen atoms in total. The third-order valence-electron chi connectivity index (χ3n) is 3.48. The van der Waals surface area contributed by atoms with Crippen molar-refractivity contribution in [2.45, 2.75) is 39.7 Å². The Kier molecular flexibility index (Phi) is 3.82. The van der Waals surface area contributed by atoms with Gasteiger partial charge in [-0.25, -0.2) is 4.98 Å². The van der Waals surface area contributed by atoms with E-state index in [2.05, 4.69) is 48.5 Å². The van der Waals surface area contributed by atoms with Crippen LogP contribution in [0.5, 0.6) is 0 Å². The molecule has 2 aromatic rings. The first kappa shape index (κ1) is 12.8. The van der Waals surface area contributed by atoms with Crippen molar-refractivity contribution in [3.63, 3.8) is 0 Å². The van der Waals surface area contributed by atoms with Gasteiger partial charge in [0.1, 0.15) is 0 Å². The van der Waals surface area contributed by atoms with E-state index in [0.717, 1.165) is 24.2 Å². The van der Waals surface area contributed by atoms with Gasteiger partial charge >= 0.3 is 0 Å². The summed E-state index contributed by atoms with van der Waals surface area (Å²) in [6, 6.07) is 6.55. The first-order valence-corrected chi connectivity index (χ1v) is 6.55. The van der Waals surface area contributed by atoms with Crippen LogP contribution in [-0.4, -0.2) is 9.55 Å². The Balaban J connectivity index is 2.46. The summed E-state index contributed by atoms with van der Waals surface area (Å²) in [7, 11) is 0. The van der Waals surface area contributed by atoms with E-state index >= 15 is 0 Å². The van der Waals surface area contributed by atoms with Gasteiger partial charge in [0.15, 0.2) is 0 Å². The molecule has 2 N–H and O–H groups in total. The van der Waals surface area contributed by atoms with Crippen LogP contribution in [0.15, 0.2) is 30.7 Å². The standard InChI is InChI=1S/C15H21N3/c1-4-12-8-13(7-6-11(12)3)18-10-17-9-15(18)14(16)5-2/h6-10,14H,4-5,16H2,1-3H3/t14-/m1/s1. The fourth-order valence-corrected chi connectivity index (χ4v) is 2.19. The minimum absolute atomic E-state index is 0.0406. The average Bonchev–Trinajstić information content (AvgIpc) is 2.87. The van der Waals surface area contributed by atoms with E-state index in [1.54, 1.807) is 0 Å². The molecule has 0 aliphatic rings. The zero-order chi connectivity index (χ0) is 13.1. The average molecular weight is 243 g/mol. The highest BCUT2D eigenvalue weighted by Crippen LogP contribution is 2.20. The number of rotatable bonds is 4. The summed E-state index contributed by atoms with van der Waals surface area (Å²) in [5, 5.41) is 0. The van der Waals surface area contributed by atoms with Gasteiger partial charge in [0.25, 0.3) is 0 Å². The normalized spacial score (nSPS) is 12.7. The maximum absolute atomic E-state index is 6.12. The molecule has 2 rings (SSSR count). The number of benzene rings is 1. The van der Waals surface area contributed by atoms with Gasteiger partial charge in [-0.2, -0.15) is 0 Å². The van der Waals surface area contributed by atoms with Crippen LogP contribution in [-0.2, 0) is 6.42 Å². The Labute approximate surface area is 109 Å². The Morgan fingerprint density at radius 3 is 2.78 bits per heavy atom. The molecule has 0 aliphatic heterocycles. The van der Waals surface area contributed by atoms with Gasteiger partial charge in [-0.3, -0.25) is 0 Å². The van der Waals surface area contributed by atoms with Crippen LogP contribution >= 0.6 is 0 Å². The smallest absolute Gasteiger partial charge is 0.0994 e. The van der Waals surface area contributed by atoms with Crippen molar-refractivity contribution in [2.75, 3.05) is 0 Å². The second-order valence-electron chi connectivity index (χ2n) is 4.67. The summed E-state index contributed by atoms with van der Waals surface area (Å²) in [5.41, 5.74) is 11.0. The van der Waals surface area contributed by atoms with Crippen LogP contribution in [0.2, 0.25) is 0 Å². The molecule has 3 heteroatoms. The number of nitrogens with zero attached hydrogens (tertiary/aromatic N) is 2. The van der Waals surface area contributed by atoms with Gasteiger partial charge in [-0.15, -0.1) is 0 Å². The molecule has 96 valence electrons. The Morgan fingerprint density at radius 1 is 1.33 bits per heavy atom. The zero-order valence-electron chi connectivity index (χ0n) is 11.4. The summed E-state index contributed by atoms with van der Waals surface area (Å²) < 4.78 is 2.09. The van der Waals surface area contributed by atoms with Gasteiger partial charge in [0.2, 0.25) is 0 Å². The van der Waals surface area contributed by atoms with Crippen LogP contribution in [0.25, 0.3) is 5.69 Å². The van der Waals surface area contributed by atoms with Crippen molar-refractivity contribution >= 4 is 0 Å². The SMILES string of the molecule is CCc1cc(-n2cncc2[C@H](N)CC)ccc1C. The van der Waals surface area contributed by atoms with Crippen molar-refractivity contribution < 1.29 is 0 Å². The Morgan fingerprint density at radius 2 is 2.11 bits per heavy atom. The van der Waals surface area contributed by atoms with Gasteiger partial charge in [0.05, 0.1) is 18.2 Å². The van der Waals surface area contributed by atoms with Crippen molar-refractivity contribution in [1.29, 1.82) is 0 Å². The number of nitrogens with two attached hydrogens (primary N) is 1. The molecular weight excluding hydrogens is 222 g/mol. The zero-order valence-corrected chi connectivity index (χ0v) is 11.4. The van der Waals surface area contributed by atoms with E-state index in [9.17, 15) is 0 Å². The third-order valence-corrected chi connectivity index (χ3v) is 3.48. The largest absolute Gasteiger partial charge is 0.323 e. The van der Waals surface area contributed by atoms with E-state index in [-0.39, 0.29) is 6.04 Å². The molecule has 1 atom stereocenters. The third kappa shape index (κ3) is 2.31. The molecule has 0 bridgehead atoms. The molecule has 0 aliphatic carbocycles. The highest BCUT2D eigenvalue weighted by molar-refractivity contribution is 5.41. The minimum atomic E-state index is 0.0406. The highest BCUT2D eigenvalue weighted by Gasteiger charge is 2.11. The monoisotopic (exact) mass is 243 g/mol. The van der Waals surface area contributed by atoms with Crippen molar-refractivity contribution in [1.82, 2.24) is 9.55 Å². The van der Waals surface area contributed by atoms with Gasteiger partial charge < -0.3 is 10.3 Å². The predicted molar refractivity (Wildman–Crippen MR) is 74.9 cm³/mol. The van der Waals surface area contributed by atoms with E-state index in [1.165, 1.54) is 11.1 Å². The number of imidazole rings is 1. The molecule has 0 fully saturated rings. The number of hydrogen-bond acceptors (Lipinski definition) is 2. The quantitative estimate of drug-likeness (QED) is 0.896. The van der Waals surface area contributed by atoms with Crippen LogP contribution < -0.4 is 5.73 Å². The van der Waals surface area contributed by atoms with Crippen LogP contribution in [0.1, 0.15) is 43.1 Å². The van der Waals surface area contributed by atoms with E-state index in [4.69, 9.17) is 5.73 Å². The Bertz CT molecular complexity index is 528. The lowest BCUT2D eigenvalue weighted by Crippen LogP contribution is -2.13. The molecule has 0 amide bonds. The molecule has 0 saturated carbocycles. The van der Waals surface area contributed by atoms with Crippen LogP contribution in [0, 0.1) is 6.92 Å². The van der Waals surface area contributed by atoms with Gasteiger partial charge in [0, 0.05) is 11.7 Å². The van der Waals surface area contributed by atoms with Crippen molar-refractivity contribution in [3.8, 4) is 5.69 Å². The molecule has 18 heavy (non-hydrogen) atoms. The maximum Gasteiger partial charge on any atom is 0.0994 e. The molecule has 0 spiro atoms. The fraction of sp³-hybridized carbons (Fsp3) is 0.400. The van der Waals surface area contributed by atoms with E-state index in [1.807, 2.05) is 12.5 Å². The summed E-state index contributed by atoms with van der Waals surface area (Å²) in [4.78, 5) is 4.23. The van der Waals surface area contributed by atoms with Crippen molar-refractivity contribution in [2.24, 2.45) is 5.73 Å². The highest BCUT2D eigenvalue weighted by atomic mass is 15.1. The number of aryl methyl sites for hydroxylation is 2. The molecule has 1 heterocycles. The number of aromatic nitrogens is 2. The molecule has 0 unspecified atom stereocenters. The Hall–Kier alpha value is -1.61. The molecular formula is C15H21N3.